The highest BCUT2D eigenvalue weighted by Gasteiger charge is 2.29. The van der Waals surface area contributed by atoms with Gasteiger partial charge in [-0.15, -0.1) is 11.8 Å². The van der Waals surface area contributed by atoms with Crippen molar-refractivity contribution in [2.45, 2.75) is 16.7 Å². The summed E-state index contributed by atoms with van der Waals surface area (Å²) in [6.45, 7) is 1.91. The number of fused-ring (bicyclic) bond motifs is 1. The Labute approximate surface area is 173 Å². The molecule has 1 aliphatic heterocycles. The van der Waals surface area contributed by atoms with Gasteiger partial charge in [-0.3, -0.25) is 19.2 Å². The van der Waals surface area contributed by atoms with E-state index in [1.807, 2.05) is 0 Å². The van der Waals surface area contributed by atoms with Gasteiger partial charge in [-0.05, 0) is 37.3 Å². The number of carbonyl (C=O) groups excluding carboxylic acids is 2. The SMILES string of the molecule is CCOc1ccccc1NS(=O)(=O)c1ccc2c(c1)N(CC(=O)OC)C(=O)CS2. The molecule has 0 aliphatic carbocycles. The molecule has 0 aromatic heterocycles. The van der Waals surface area contributed by atoms with Crippen LogP contribution in [0.5, 0.6) is 5.75 Å². The molecule has 0 fully saturated rings. The second-order valence-corrected chi connectivity index (χ2v) is 8.71. The number of sulfonamides is 1. The van der Waals surface area contributed by atoms with E-state index in [0.29, 0.717) is 28.6 Å². The molecule has 0 bridgehead atoms. The number of anilines is 2. The van der Waals surface area contributed by atoms with Gasteiger partial charge >= 0.3 is 5.97 Å². The molecule has 8 nitrogen and oxygen atoms in total. The van der Waals surface area contributed by atoms with E-state index in [0.717, 1.165) is 0 Å². The molecule has 2 aromatic carbocycles. The molecule has 1 aliphatic rings. The summed E-state index contributed by atoms with van der Waals surface area (Å²) in [6, 6.07) is 11.2. The van der Waals surface area contributed by atoms with Crippen LogP contribution in [0.4, 0.5) is 11.4 Å². The Balaban J connectivity index is 1.96. The van der Waals surface area contributed by atoms with E-state index in [2.05, 4.69) is 9.46 Å². The zero-order valence-electron chi connectivity index (χ0n) is 15.9. The fraction of sp³-hybridized carbons (Fsp3) is 0.263. The van der Waals surface area contributed by atoms with Gasteiger partial charge in [0.15, 0.2) is 0 Å². The van der Waals surface area contributed by atoms with Crippen molar-refractivity contribution in [3.05, 3.63) is 42.5 Å². The fourth-order valence-electron chi connectivity index (χ4n) is 2.75. The van der Waals surface area contributed by atoms with E-state index in [9.17, 15) is 18.0 Å². The van der Waals surface area contributed by atoms with Crippen LogP contribution in [0.2, 0.25) is 0 Å². The summed E-state index contributed by atoms with van der Waals surface area (Å²) in [6.07, 6.45) is 0. The average Bonchev–Trinajstić information content (AvgIpc) is 2.71. The number of nitrogens with zero attached hydrogens (tertiary/aromatic N) is 1. The first-order chi connectivity index (χ1) is 13.9. The maximum Gasteiger partial charge on any atom is 0.325 e. The van der Waals surface area contributed by atoms with Gasteiger partial charge < -0.3 is 9.47 Å². The summed E-state index contributed by atoms with van der Waals surface area (Å²) in [5.41, 5.74) is 0.668. The van der Waals surface area contributed by atoms with Gasteiger partial charge in [0.2, 0.25) is 5.91 Å². The van der Waals surface area contributed by atoms with Crippen molar-refractivity contribution in [2.75, 3.05) is 35.6 Å². The van der Waals surface area contributed by atoms with E-state index in [1.165, 1.54) is 35.9 Å². The molecular weight excluding hydrogens is 416 g/mol. The largest absolute Gasteiger partial charge is 0.492 e. The smallest absolute Gasteiger partial charge is 0.325 e. The number of nitrogens with one attached hydrogen (secondary N) is 1. The first-order valence-corrected chi connectivity index (χ1v) is 11.2. The Morgan fingerprint density at radius 2 is 2.00 bits per heavy atom. The van der Waals surface area contributed by atoms with Crippen molar-refractivity contribution in [2.24, 2.45) is 0 Å². The minimum absolute atomic E-state index is 0.0345. The Morgan fingerprint density at radius 1 is 1.24 bits per heavy atom. The van der Waals surface area contributed by atoms with Gasteiger partial charge in [-0.1, -0.05) is 12.1 Å². The lowest BCUT2D eigenvalue weighted by Gasteiger charge is -2.28. The second-order valence-electron chi connectivity index (χ2n) is 6.01. The molecule has 1 amide bonds. The minimum atomic E-state index is -3.96. The number of benzene rings is 2. The number of amides is 1. The highest BCUT2D eigenvalue weighted by molar-refractivity contribution is 8.00. The quantitative estimate of drug-likeness (QED) is 0.665. The Kier molecular flexibility index (Phi) is 6.33. The summed E-state index contributed by atoms with van der Waals surface area (Å²) in [7, 11) is -2.73. The monoisotopic (exact) mass is 436 g/mol. The van der Waals surface area contributed by atoms with Crippen LogP contribution in [0.25, 0.3) is 0 Å². The predicted molar refractivity (Wildman–Crippen MR) is 110 cm³/mol. The van der Waals surface area contributed by atoms with Crippen molar-refractivity contribution >= 4 is 45.0 Å². The summed E-state index contributed by atoms with van der Waals surface area (Å²) >= 11 is 1.29. The standard InChI is InChI=1S/C19H20N2O6S2/c1-3-27-16-7-5-4-6-14(16)20-29(24,25)13-8-9-17-15(10-13)21(11-19(23)26-2)18(22)12-28-17/h4-10,20H,3,11-12H2,1-2H3. The summed E-state index contributed by atoms with van der Waals surface area (Å²) in [4.78, 5) is 25.9. The highest BCUT2D eigenvalue weighted by atomic mass is 32.2. The molecule has 1 heterocycles. The van der Waals surface area contributed by atoms with E-state index >= 15 is 0 Å². The third-order valence-corrected chi connectivity index (χ3v) is 6.54. The lowest BCUT2D eigenvalue weighted by Crippen LogP contribution is -2.39. The van der Waals surface area contributed by atoms with Crippen molar-refractivity contribution in [3.8, 4) is 5.75 Å². The van der Waals surface area contributed by atoms with Crippen molar-refractivity contribution in [1.29, 1.82) is 0 Å². The Bertz CT molecular complexity index is 1040. The van der Waals surface area contributed by atoms with Crippen LogP contribution >= 0.6 is 11.8 Å². The molecule has 29 heavy (non-hydrogen) atoms. The number of hydrogen-bond donors (Lipinski definition) is 1. The van der Waals surface area contributed by atoms with Crippen LogP contribution in [0.1, 0.15) is 6.92 Å². The molecule has 0 saturated heterocycles. The third kappa shape index (κ3) is 4.65. The van der Waals surface area contributed by atoms with E-state index in [-0.39, 0.29) is 23.1 Å². The third-order valence-electron chi connectivity index (χ3n) is 4.13. The molecule has 3 rings (SSSR count). The predicted octanol–water partition coefficient (Wildman–Crippen LogP) is 2.50. The topological polar surface area (TPSA) is 102 Å². The molecule has 0 atom stereocenters. The lowest BCUT2D eigenvalue weighted by atomic mass is 10.2. The second kappa shape index (κ2) is 8.75. The number of carbonyl (C=O) groups is 2. The summed E-state index contributed by atoms with van der Waals surface area (Å²) in [5, 5.41) is 0. The van der Waals surface area contributed by atoms with Gasteiger partial charge in [0.25, 0.3) is 10.0 Å². The van der Waals surface area contributed by atoms with Crippen LogP contribution < -0.4 is 14.4 Å². The Hall–Kier alpha value is -2.72. The van der Waals surface area contributed by atoms with Crippen LogP contribution in [0.15, 0.2) is 52.3 Å². The molecule has 0 spiro atoms. The van der Waals surface area contributed by atoms with Crippen LogP contribution in [-0.2, 0) is 24.3 Å². The van der Waals surface area contributed by atoms with Crippen molar-refractivity contribution in [1.82, 2.24) is 0 Å². The number of rotatable bonds is 7. The molecular formula is C19H20N2O6S2. The minimum Gasteiger partial charge on any atom is -0.492 e. The van der Waals surface area contributed by atoms with Gasteiger partial charge in [0.05, 0.1) is 35.7 Å². The summed E-state index contributed by atoms with van der Waals surface area (Å²) in [5.74, 6) is -0.310. The molecule has 2 aromatic rings. The fourth-order valence-corrected chi connectivity index (χ4v) is 4.76. The van der Waals surface area contributed by atoms with Crippen LogP contribution in [-0.4, -0.2) is 46.3 Å². The lowest BCUT2D eigenvalue weighted by molar-refractivity contribution is -0.139. The number of ether oxygens (including phenoxy) is 2. The molecule has 154 valence electrons. The van der Waals surface area contributed by atoms with Crippen LogP contribution in [0.3, 0.4) is 0 Å². The molecule has 0 radical (unpaired) electrons. The molecule has 10 heteroatoms. The maximum absolute atomic E-state index is 12.9. The van der Waals surface area contributed by atoms with Gasteiger partial charge in [-0.25, -0.2) is 8.42 Å². The number of para-hydroxylation sites is 2. The van der Waals surface area contributed by atoms with Gasteiger partial charge in [0, 0.05) is 4.90 Å². The normalized spacial score (nSPS) is 13.6. The average molecular weight is 437 g/mol. The Morgan fingerprint density at radius 3 is 2.72 bits per heavy atom. The summed E-state index contributed by atoms with van der Waals surface area (Å²) < 4.78 is 38.5. The van der Waals surface area contributed by atoms with Crippen LogP contribution in [0, 0.1) is 0 Å². The van der Waals surface area contributed by atoms with E-state index in [1.54, 1.807) is 37.3 Å². The highest BCUT2D eigenvalue weighted by Crippen LogP contribution is 2.37. The van der Waals surface area contributed by atoms with E-state index < -0.39 is 16.0 Å². The number of hydrogen-bond acceptors (Lipinski definition) is 7. The molecule has 0 unspecified atom stereocenters. The number of thioether (sulfide) groups is 1. The maximum atomic E-state index is 12.9. The van der Waals surface area contributed by atoms with Crippen molar-refractivity contribution in [3.63, 3.8) is 0 Å². The van der Waals surface area contributed by atoms with Gasteiger partial charge in [-0.2, -0.15) is 0 Å². The number of methoxy groups -OCH3 is 1. The molecule has 0 saturated carbocycles. The van der Waals surface area contributed by atoms with Crippen molar-refractivity contribution < 1.29 is 27.5 Å². The first-order valence-electron chi connectivity index (χ1n) is 8.74. The zero-order chi connectivity index (χ0) is 21.0. The zero-order valence-corrected chi connectivity index (χ0v) is 17.5. The molecule has 1 N–H and O–H groups in total. The number of esters is 1. The van der Waals surface area contributed by atoms with Gasteiger partial charge in [0.1, 0.15) is 12.3 Å². The van der Waals surface area contributed by atoms with E-state index in [4.69, 9.17) is 4.74 Å². The first kappa shape index (κ1) is 21.0.